The number of nitrogens with two attached hydrogens (primary N) is 1. The molecule has 0 atom stereocenters. The highest BCUT2D eigenvalue weighted by molar-refractivity contribution is 6.32. The van der Waals surface area contributed by atoms with Gasteiger partial charge in [-0.3, -0.25) is 0 Å². The van der Waals surface area contributed by atoms with Gasteiger partial charge in [0, 0.05) is 6.54 Å². The number of hydrogen-bond acceptors (Lipinski definition) is 3. The highest BCUT2D eigenvalue weighted by Crippen LogP contribution is 2.27. The summed E-state index contributed by atoms with van der Waals surface area (Å²) in [7, 11) is 1.62. The van der Waals surface area contributed by atoms with Gasteiger partial charge in [-0.05, 0) is 49.7 Å². The van der Waals surface area contributed by atoms with E-state index in [9.17, 15) is 0 Å². The maximum atomic E-state index is 6.07. The lowest BCUT2D eigenvalue weighted by atomic mass is 10.1. The second-order valence-corrected chi connectivity index (χ2v) is 4.14. The maximum absolute atomic E-state index is 6.07. The molecule has 3 N–H and O–H groups in total. The zero-order chi connectivity index (χ0) is 12.0. The molecule has 0 aliphatic carbocycles. The summed E-state index contributed by atoms with van der Waals surface area (Å²) >= 11 is 6.07. The third-order valence-electron chi connectivity index (χ3n) is 2.48. The average Bonchev–Trinajstić information content (AvgIpc) is 2.28. The number of halogens is 1. The van der Waals surface area contributed by atoms with Gasteiger partial charge >= 0.3 is 0 Å². The standard InChI is InChI=1S/C12H19ClN2O/c1-9-6-12(16-2)11(13)7-10(9)8-15-5-3-4-14/h6-7,15H,3-5,8,14H2,1-2H3. The van der Waals surface area contributed by atoms with Gasteiger partial charge in [0.1, 0.15) is 5.75 Å². The van der Waals surface area contributed by atoms with E-state index >= 15 is 0 Å². The van der Waals surface area contributed by atoms with Crippen LogP contribution in [0.15, 0.2) is 12.1 Å². The smallest absolute Gasteiger partial charge is 0.137 e. The Balaban J connectivity index is 2.63. The van der Waals surface area contributed by atoms with E-state index in [0.717, 1.165) is 31.8 Å². The number of ether oxygens (including phenoxy) is 1. The molecule has 0 aliphatic heterocycles. The van der Waals surface area contributed by atoms with Crippen LogP contribution in [-0.2, 0) is 6.54 Å². The zero-order valence-electron chi connectivity index (χ0n) is 9.85. The molecule has 0 aromatic heterocycles. The van der Waals surface area contributed by atoms with Gasteiger partial charge in [-0.2, -0.15) is 0 Å². The first-order chi connectivity index (χ1) is 7.69. The normalized spacial score (nSPS) is 10.5. The summed E-state index contributed by atoms with van der Waals surface area (Å²) in [4.78, 5) is 0. The topological polar surface area (TPSA) is 47.3 Å². The van der Waals surface area contributed by atoms with E-state index in [-0.39, 0.29) is 0 Å². The predicted octanol–water partition coefficient (Wildman–Crippen LogP) is 2.10. The van der Waals surface area contributed by atoms with Crippen molar-refractivity contribution in [2.24, 2.45) is 5.73 Å². The van der Waals surface area contributed by atoms with E-state index < -0.39 is 0 Å². The summed E-state index contributed by atoms with van der Waals surface area (Å²) in [6.45, 7) is 4.52. The Bertz CT molecular complexity index is 342. The molecular formula is C12H19ClN2O. The van der Waals surface area contributed by atoms with Gasteiger partial charge in [0.2, 0.25) is 0 Å². The first kappa shape index (κ1) is 13.3. The fraction of sp³-hybridized carbons (Fsp3) is 0.500. The van der Waals surface area contributed by atoms with Crippen molar-refractivity contribution in [1.29, 1.82) is 0 Å². The van der Waals surface area contributed by atoms with Crippen LogP contribution >= 0.6 is 11.6 Å². The van der Waals surface area contributed by atoms with E-state index in [2.05, 4.69) is 12.2 Å². The van der Waals surface area contributed by atoms with E-state index in [0.29, 0.717) is 5.02 Å². The van der Waals surface area contributed by atoms with Gasteiger partial charge < -0.3 is 15.8 Å². The molecule has 1 aromatic rings. The van der Waals surface area contributed by atoms with Crippen molar-refractivity contribution in [2.75, 3.05) is 20.2 Å². The molecule has 0 aliphatic rings. The molecule has 16 heavy (non-hydrogen) atoms. The van der Waals surface area contributed by atoms with E-state index in [1.807, 2.05) is 12.1 Å². The minimum Gasteiger partial charge on any atom is -0.495 e. The third-order valence-corrected chi connectivity index (χ3v) is 2.78. The molecule has 0 fully saturated rings. The number of benzene rings is 1. The fourth-order valence-electron chi connectivity index (χ4n) is 1.49. The Labute approximate surface area is 102 Å². The van der Waals surface area contributed by atoms with E-state index in [1.54, 1.807) is 7.11 Å². The average molecular weight is 243 g/mol. The van der Waals surface area contributed by atoms with Gasteiger partial charge in [0.05, 0.1) is 12.1 Å². The van der Waals surface area contributed by atoms with Gasteiger partial charge in [-0.25, -0.2) is 0 Å². The second-order valence-electron chi connectivity index (χ2n) is 3.73. The van der Waals surface area contributed by atoms with E-state index in [1.165, 1.54) is 11.1 Å². The SMILES string of the molecule is COc1cc(C)c(CNCCCN)cc1Cl. The molecule has 0 saturated heterocycles. The second kappa shape index (κ2) is 6.74. The summed E-state index contributed by atoms with van der Waals surface area (Å²) in [5.41, 5.74) is 7.80. The summed E-state index contributed by atoms with van der Waals surface area (Å²) in [5.74, 6) is 0.727. The fourth-order valence-corrected chi connectivity index (χ4v) is 1.76. The molecule has 0 saturated carbocycles. The molecule has 0 heterocycles. The minimum absolute atomic E-state index is 0.656. The Hall–Kier alpha value is -0.770. The largest absolute Gasteiger partial charge is 0.495 e. The van der Waals surface area contributed by atoms with Crippen molar-refractivity contribution in [2.45, 2.75) is 19.9 Å². The van der Waals surface area contributed by atoms with Crippen LogP contribution in [0.5, 0.6) is 5.75 Å². The van der Waals surface area contributed by atoms with Crippen LogP contribution in [0.1, 0.15) is 17.5 Å². The van der Waals surface area contributed by atoms with Crippen molar-refractivity contribution in [3.8, 4) is 5.75 Å². The first-order valence-corrected chi connectivity index (χ1v) is 5.80. The molecule has 3 nitrogen and oxygen atoms in total. The summed E-state index contributed by atoms with van der Waals surface area (Å²) < 4.78 is 5.15. The molecule has 4 heteroatoms. The number of methoxy groups -OCH3 is 1. The molecule has 1 aromatic carbocycles. The van der Waals surface area contributed by atoms with Crippen molar-refractivity contribution >= 4 is 11.6 Å². The van der Waals surface area contributed by atoms with Gasteiger partial charge in [0.15, 0.2) is 0 Å². The van der Waals surface area contributed by atoms with Gasteiger partial charge in [0.25, 0.3) is 0 Å². The number of rotatable bonds is 6. The summed E-state index contributed by atoms with van der Waals surface area (Å²) in [5, 5.41) is 3.98. The van der Waals surface area contributed by atoms with E-state index in [4.69, 9.17) is 22.1 Å². The zero-order valence-corrected chi connectivity index (χ0v) is 10.6. The Morgan fingerprint density at radius 2 is 2.19 bits per heavy atom. The number of nitrogens with one attached hydrogen (secondary N) is 1. The number of aryl methyl sites for hydroxylation is 1. The van der Waals surface area contributed by atoms with Gasteiger partial charge in [-0.1, -0.05) is 11.6 Å². The Morgan fingerprint density at radius 1 is 1.44 bits per heavy atom. The quantitative estimate of drug-likeness (QED) is 0.751. The molecule has 0 amide bonds. The lowest BCUT2D eigenvalue weighted by Gasteiger charge is -2.11. The summed E-state index contributed by atoms with van der Waals surface area (Å²) in [6, 6.07) is 3.91. The number of hydrogen-bond donors (Lipinski definition) is 2. The highest BCUT2D eigenvalue weighted by Gasteiger charge is 2.05. The minimum atomic E-state index is 0.656. The van der Waals surface area contributed by atoms with Crippen LogP contribution in [0.3, 0.4) is 0 Å². The van der Waals surface area contributed by atoms with Crippen molar-refractivity contribution in [3.63, 3.8) is 0 Å². The van der Waals surface area contributed by atoms with Crippen LogP contribution in [0.25, 0.3) is 0 Å². The highest BCUT2D eigenvalue weighted by atomic mass is 35.5. The lowest BCUT2D eigenvalue weighted by Crippen LogP contribution is -2.18. The first-order valence-electron chi connectivity index (χ1n) is 5.42. The maximum Gasteiger partial charge on any atom is 0.137 e. The molecule has 0 radical (unpaired) electrons. The summed E-state index contributed by atoms with van der Waals surface area (Å²) in [6.07, 6.45) is 0.989. The van der Waals surface area contributed by atoms with Crippen LogP contribution in [-0.4, -0.2) is 20.2 Å². The molecule has 0 unspecified atom stereocenters. The van der Waals surface area contributed by atoms with Gasteiger partial charge in [-0.15, -0.1) is 0 Å². The van der Waals surface area contributed by atoms with Crippen molar-refractivity contribution in [1.82, 2.24) is 5.32 Å². The molecule has 1 rings (SSSR count). The predicted molar refractivity (Wildman–Crippen MR) is 68.1 cm³/mol. The Morgan fingerprint density at radius 3 is 2.81 bits per heavy atom. The van der Waals surface area contributed by atoms with Crippen LogP contribution < -0.4 is 15.8 Å². The molecule has 90 valence electrons. The van der Waals surface area contributed by atoms with Crippen molar-refractivity contribution in [3.05, 3.63) is 28.3 Å². The lowest BCUT2D eigenvalue weighted by molar-refractivity contribution is 0.414. The Kier molecular flexibility index (Phi) is 5.60. The van der Waals surface area contributed by atoms with Crippen LogP contribution in [0, 0.1) is 6.92 Å². The van der Waals surface area contributed by atoms with Crippen LogP contribution in [0.2, 0.25) is 5.02 Å². The molecule has 0 bridgehead atoms. The third kappa shape index (κ3) is 3.67. The van der Waals surface area contributed by atoms with Crippen LogP contribution in [0.4, 0.5) is 0 Å². The monoisotopic (exact) mass is 242 g/mol. The molecule has 0 spiro atoms. The van der Waals surface area contributed by atoms with Crippen molar-refractivity contribution < 1.29 is 4.74 Å². The molecular weight excluding hydrogens is 224 g/mol.